The molecule has 0 radical (unpaired) electrons. The number of nitrogens with zero attached hydrogens (tertiary/aromatic N) is 1. The third kappa shape index (κ3) is 3.49. The van der Waals surface area contributed by atoms with Crippen LogP contribution in [0.5, 0.6) is 0 Å². The summed E-state index contributed by atoms with van der Waals surface area (Å²) in [7, 11) is 0. The predicted molar refractivity (Wildman–Crippen MR) is 83.0 cm³/mol. The number of hydrogen-bond donors (Lipinski definition) is 0. The largest absolute Gasteiger partial charge is 0.375 e. The van der Waals surface area contributed by atoms with Crippen LogP contribution in [-0.2, 0) is 16.0 Å². The van der Waals surface area contributed by atoms with Gasteiger partial charge >= 0.3 is 0 Å². The van der Waals surface area contributed by atoms with E-state index < -0.39 is 0 Å². The molecule has 1 aromatic rings. The van der Waals surface area contributed by atoms with Crippen LogP contribution in [0.15, 0.2) is 24.3 Å². The molecule has 0 saturated carbocycles. The zero-order valence-electron chi connectivity index (χ0n) is 13.2. The normalized spacial score (nSPS) is 24.5. The molecule has 2 saturated heterocycles. The average molecular weight is 305 g/mol. The van der Waals surface area contributed by atoms with E-state index in [0.29, 0.717) is 5.92 Å². The number of likely N-dealkylation sites (tertiary alicyclic amines) is 1. The maximum Gasteiger partial charge on any atom is 0.219 e. The first kappa shape index (κ1) is 15.5. The molecule has 2 heterocycles. The Morgan fingerprint density at radius 1 is 1.32 bits per heavy atom. The molecule has 1 aromatic carbocycles. The maximum absolute atomic E-state index is 13.0. The first-order chi connectivity index (χ1) is 10.6. The van der Waals surface area contributed by atoms with Gasteiger partial charge in [0.1, 0.15) is 5.82 Å². The van der Waals surface area contributed by atoms with Gasteiger partial charge in [0.15, 0.2) is 0 Å². The summed E-state index contributed by atoms with van der Waals surface area (Å²) >= 11 is 0. The molecule has 2 aliphatic rings. The Hall–Kier alpha value is -1.42. The summed E-state index contributed by atoms with van der Waals surface area (Å²) in [5.41, 5.74) is 1.15. The van der Waals surface area contributed by atoms with Gasteiger partial charge in [-0.05, 0) is 55.7 Å². The van der Waals surface area contributed by atoms with E-state index in [1.54, 1.807) is 6.92 Å². The van der Waals surface area contributed by atoms with Gasteiger partial charge in [-0.3, -0.25) is 4.79 Å². The summed E-state index contributed by atoms with van der Waals surface area (Å²) in [6, 6.07) is 6.84. The van der Waals surface area contributed by atoms with Gasteiger partial charge in [0, 0.05) is 26.6 Å². The molecular weight excluding hydrogens is 281 g/mol. The van der Waals surface area contributed by atoms with Crippen LogP contribution in [0.1, 0.15) is 38.2 Å². The van der Waals surface area contributed by atoms with Crippen LogP contribution in [0, 0.1) is 11.7 Å². The van der Waals surface area contributed by atoms with Crippen molar-refractivity contribution in [2.45, 2.75) is 44.6 Å². The number of benzene rings is 1. The third-order valence-corrected chi connectivity index (χ3v) is 5.15. The van der Waals surface area contributed by atoms with Gasteiger partial charge in [0.25, 0.3) is 0 Å². The van der Waals surface area contributed by atoms with Crippen LogP contribution in [0.4, 0.5) is 4.39 Å². The van der Waals surface area contributed by atoms with E-state index in [0.717, 1.165) is 51.8 Å². The molecule has 0 bridgehead atoms. The van der Waals surface area contributed by atoms with E-state index in [1.165, 1.54) is 17.7 Å². The summed E-state index contributed by atoms with van der Waals surface area (Å²) in [5, 5.41) is 0. The topological polar surface area (TPSA) is 29.5 Å². The summed E-state index contributed by atoms with van der Waals surface area (Å²) in [4.78, 5) is 13.4. The Morgan fingerprint density at radius 3 is 2.64 bits per heavy atom. The molecule has 2 aliphatic heterocycles. The molecule has 22 heavy (non-hydrogen) atoms. The zero-order chi connectivity index (χ0) is 15.6. The fraction of sp³-hybridized carbons (Fsp3) is 0.611. The summed E-state index contributed by atoms with van der Waals surface area (Å²) in [5.74, 6) is 0.570. The van der Waals surface area contributed by atoms with Crippen molar-refractivity contribution in [3.8, 4) is 0 Å². The lowest BCUT2D eigenvalue weighted by Gasteiger charge is -2.46. The number of ether oxygens (including phenoxy) is 1. The van der Waals surface area contributed by atoms with Gasteiger partial charge < -0.3 is 9.64 Å². The maximum atomic E-state index is 13.0. The smallest absolute Gasteiger partial charge is 0.219 e. The first-order valence-corrected chi connectivity index (χ1v) is 8.20. The Kier molecular flexibility index (Phi) is 4.48. The van der Waals surface area contributed by atoms with Gasteiger partial charge in [-0.25, -0.2) is 4.39 Å². The van der Waals surface area contributed by atoms with Crippen molar-refractivity contribution in [3.05, 3.63) is 35.6 Å². The lowest BCUT2D eigenvalue weighted by Crippen LogP contribution is -2.50. The Morgan fingerprint density at radius 2 is 2.00 bits per heavy atom. The minimum atomic E-state index is -0.177. The van der Waals surface area contributed by atoms with E-state index in [9.17, 15) is 9.18 Å². The minimum absolute atomic E-state index is 0.0467. The van der Waals surface area contributed by atoms with Gasteiger partial charge in [-0.2, -0.15) is 0 Å². The van der Waals surface area contributed by atoms with Crippen molar-refractivity contribution >= 4 is 5.91 Å². The summed E-state index contributed by atoms with van der Waals surface area (Å²) in [6.45, 7) is 4.04. The number of halogens is 1. The number of amides is 1. The standard InChI is InChI=1S/C18H24FNO2/c1-14(21)20-9-7-18(8-10-20)13-16(6-11-22-18)12-15-2-4-17(19)5-3-15/h2-5,16H,6-13H2,1H3. The van der Waals surface area contributed by atoms with Gasteiger partial charge in [-0.15, -0.1) is 0 Å². The molecule has 2 fully saturated rings. The molecule has 1 amide bonds. The summed E-state index contributed by atoms with van der Waals surface area (Å²) in [6.07, 6.45) is 4.98. The number of carbonyl (C=O) groups is 1. The Bertz CT molecular complexity index is 520. The first-order valence-electron chi connectivity index (χ1n) is 8.20. The highest BCUT2D eigenvalue weighted by Gasteiger charge is 2.40. The van der Waals surface area contributed by atoms with Gasteiger partial charge in [0.2, 0.25) is 5.91 Å². The third-order valence-electron chi connectivity index (χ3n) is 5.15. The van der Waals surface area contributed by atoms with Crippen molar-refractivity contribution in [3.63, 3.8) is 0 Å². The van der Waals surface area contributed by atoms with Crippen LogP contribution < -0.4 is 0 Å². The highest BCUT2D eigenvalue weighted by Crippen LogP contribution is 2.38. The molecule has 1 unspecified atom stereocenters. The molecule has 0 aromatic heterocycles. The van der Waals surface area contributed by atoms with Crippen LogP contribution in [0.2, 0.25) is 0 Å². The van der Waals surface area contributed by atoms with Crippen LogP contribution >= 0.6 is 0 Å². The predicted octanol–water partition coefficient (Wildman–Crippen LogP) is 3.18. The zero-order valence-corrected chi connectivity index (χ0v) is 13.2. The quantitative estimate of drug-likeness (QED) is 0.840. The fourth-order valence-corrected chi connectivity index (χ4v) is 3.83. The Labute approximate surface area is 131 Å². The van der Waals surface area contributed by atoms with Gasteiger partial charge in [-0.1, -0.05) is 12.1 Å². The van der Waals surface area contributed by atoms with E-state index in [-0.39, 0.29) is 17.3 Å². The van der Waals surface area contributed by atoms with Crippen molar-refractivity contribution in [1.29, 1.82) is 0 Å². The molecule has 0 N–H and O–H groups in total. The lowest BCUT2D eigenvalue weighted by molar-refractivity contribution is -0.145. The van der Waals surface area contributed by atoms with E-state index in [1.807, 2.05) is 17.0 Å². The molecular formula is C18H24FNO2. The number of piperidine rings is 1. The van der Waals surface area contributed by atoms with E-state index >= 15 is 0 Å². The molecule has 1 atom stereocenters. The number of carbonyl (C=O) groups excluding carboxylic acids is 1. The minimum Gasteiger partial charge on any atom is -0.375 e. The van der Waals surface area contributed by atoms with Crippen LogP contribution in [-0.4, -0.2) is 36.1 Å². The van der Waals surface area contributed by atoms with E-state index in [2.05, 4.69) is 0 Å². The summed E-state index contributed by atoms with van der Waals surface area (Å²) < 4.78 is 19.1. The highest BCUT2D eigenvalue weighted by molar-refractivity contribution is 5.73. The van der Waals surface area contributed by atoms with Crippen molar-refractivity contribution < 1.29 is 13.9 Å². The molecule has 1 spiro atoms. The monoisotopic (exact) mass is 305 g/mol. The second kappa shape index (κ2) is 6.37. The second-order valence-corrected chi connectivity index (χ2v) is 6.73. The van der Waals surface area contributed by atoms with E-state index in [4.69, 9.17) is 4.74 Å². The molecule has 3 nitrogen and oxygen atoms in total. The molecule has 120 valence electrons. The lowest BCUT2D eigenvalue weighted by atomic mass is 9.77. The molecule has 0 aliphatic carbocycles. The van der Waals surface area contributed by atoms with Crippen LogP contribution in [0.25, 0.3) is 0 Å². The second-order valence-electron chi connectivity index (χ2n) is 6.73. The highest BCUT2D eigenvalue weighted by atomic mass is 19.1. The van der Waals surface area contributed by atoms with Crippen molar-refractivity contribution in [2.75, 3.05) is 19.7 Å². The molecule has 4 heteroatoms. The molecule has 3 rings (SSSR count). The SMILES string of the molecule is CC(=O)N1CCC2(CC1)CC(Cc1ccc(F)cc1)CCO2. The van der Waals surface area contributed by atoms with Crippen molar-refractivity contribution in [1.82, 2.24) is 4.90 Å². The number of hydrogen-bond acceptors (Lipinski definition) is 2. The van der Waals surface area contributed by atoms with Crippen molar-refractivity contribution in [2.24, 2.45) is 5.92 Å². The Balaban J connectivity index is 1.60. The fourth-order valence-electron chi connectivity index (χ4n) is 3.83. The van der Waals surface area contributed by atoms with Crippen LogP contribution in [0.3, 0.4) is 0 Å². The number of rotatable bonds is 2. The van der Waals surface area contributed by atoms with Gasteiger partial charge in [0.05, 0.1) is 5.60 Å². The average Bonchev–Trinajstić information content (AvgIpc) is 2.50.